The maximum atomic E-state index is 7.45. The van der Waals surface area contributed by atoms with Crippen molar-refractivity contribution in [3.63, 3.8) is 0 Å². The predicted molar refractivity (Wildman–Crippen MR) is 81.8 cm³/mol. The number of amidine groups is 1. The van der Waals surface area contributed by atoms with Crippen LogP contribution in [0.25, 0.3) is 10.8 Å². The first-order chi connectivity index (χ1) is 10.1. The van der Waals surface area contributed by atoms with E-state index in [1.54, 1.807) is 13.0 Å². The van der Waals surface area contributed by atoms with E-state index in [4.69, 9.17) is 15.9 Å². The number of nitrogens with zero attached hydrogens (tertiary/aromatic N) is 2. The van der Waals surface area contributed by atoms with E-state index < -0.39 is 0 Å². The average Bonchev–Trinajstić information content (AvgIpc) is 2.46. The van der Waals surface area contributed by atoms with Crippen molar-refractivity contribution in [1.82, 2.24) is 9.97 Å². The van der Waals surface area contributed by atoms with Crippen LogP contribution in [-0.4, -0.2) is 15.8 Å². The van der Waals surface area contributed by atoms with Gasteiger partial charge in [0.25, 0.3) is 0 Å². The number of ether oxygens (including phenoxy) is 1. The minimum absolute atomic E-state index is 0.108. The second-order valence-corrected chi connectivity index (χ2v) is 4.70. The van der Waals surface area contributed by atoms with E-state index in [1.807, 2.05) is 42.5 Å². The van der Waals surface area contributed by atoms with E-state index in [-0.39, 0.29) is 11.8 Å². The van der Waals surface area contributed by atoms with Gasteiger partial charge in [-0.25, -0.2) is 4.98 Å². The summed E-state index contributed by atoms with van der Waals surface area (Å²) in [6.07, 6.45) is 0. The molecule has 2 aromatic carbocycles. The number of nitrogens with one attached hydrogen (secondary N) is 1. The van der Waals surface area contributed by atoms with Crippen LogP contribution in [0.2, 0.25) is 0 Å². The first-order valence-electron chi connectivity index (χ1n) is 6.48. The van der Waals surface area contributed by atoms with Crippen molar-refractivity contribution in [2.24, 2.45) is 5.73 Å². The van der Waals surface area contributed by atoms with Gasteiger partial charge < -0.3 is 10.5 Å². The predicted octanol–water partition coefficient (Wildman–Crippen LogP) is 3.01. The molecule has 0 fully saturated rings. The lowest BCUT2D eigenvalue weighted by Crippen LogP contribution is -2.14. The zero-order valence-corrected chi connectivity index (χ0v) is 11.5. The van der Waals surface area contributed by atoms with Gasteiger partial charge in [0.15, 0.2) is 0 Å². The molecule has 0 spiro atoms. The molecule has 0 bridgehead atoms. The number of nitrogens with two attached hydrogens (primary N) is 1. The quantitative estimate of drug-likeness (QED) is 0.569. The third kappa shape index (κ3) is 2.81. The molecule has 0 unspecified atom stereocenters. The van der Waals surface area contributed by atoms with Gasteiger partial charge in [-0.05, 0) is 35.9 Å². The molecule has 0 atom stereocenters. The third-order valence-corrected chi connectivity index (χ3v) is 3.04. The van der Waals surface area contributed by atoms with Gasteiger partial charge in [0.1, 0.15) is 17.3 Å². The maximum absolute atomic E-state index is 7.45. The van der Waals surface area contributed by atoms with Gasteiger partial charge in [-0.15, -0.1) is 0 Å². The van der Waals surface area contributed by atoms with E-state index in [0.29, 0.717) is 17.1 Å². The molecule has 0 aliphatic rings. The van der Waals surface area contributed by atoms with Crippen LogP contribution in [0.1, 0.15) is 11.4 Å². The van der Waals surface area contributed by atoms with Gasteiger partial charge in [-0.2, -0.15) is 4.98 Å². The largest absolute Gasteiger partial charge is 0.424 e. The first kappa shape index (κ1) is 13.1. The van der Waals surface area contributed by atoms with Crippen LogP contribution in [-0.2, 0) is 0 Å². The van der Waals surface area contributed by atoms with Gasteiger partial charge in [0.2, 0.25) is 0 Å². The van der Waals surface area contributed by atoms with Crippen LogP contribution in [0, 0.1) is 12.3 Å². The van der Waals surface area contributed by atoms with Crippen LogP contribution in [0.3, 0.4) is 0 Å². The van der Waals surface area contributed by atoms with Crippen LogP contribution >= 0.6 is 0 Å². The molecule has 3 rings (SSSR count). The zero-order valence-electron chi connectivity index (χ0n) is 11.5. The Morgan fingerprint density at radius 1 is 1.05 bits per heavy atom. The Morgan fingerprint density at radius 2 is 1.81 bits per heavy atom. The van der Waals surface area contributed by atoms with Gasteiger partial charge >= 0.3 is 6.01 Å². The van der Waals surface area contributed by atoms with E-state index >= 15 is 0 Å². The van der Waals surface area contributed by atoms with Crippen molar-refractivity contribution < 1.29 is 4.74 Å². The summed E-state index contributed by atoms with van der Waals surface area (Å²) in [5.41, 5.74) is 6.52. The minimum Gasteiger partial charge on any atom is -0.424 e. The fraction of sp³-hybridized carbons (Fsp3) is 0.0625. The monoisotopic (exact) mass is 278 g/mol. The molecule has 0 saturated heterocycles. The highest BCUT2D eigenvalue weighted by Crippen LogP contribution is 2.24. The molecule has 0 amide bonds. The molecule has 5 heteroatoms. The van der Waals surface area contributed by atoms with Crippen molar-refractivity contribution in [3.05, 3.63) is 59.9 Å². The second kappa shape index (κ2) is 5.20. The molecule has 0 aliphatic heterocycles. The molecule has 1 aromatic heterocycles. The van der Waals surface area contributed by atoms with Crippen molar-refractivity contribution in [2.75, 3.05) is 0 Å². The molecule has 21 heavy (non-hydrogen) atoms. The topological polar surface area (TPSA) is 84.9 Å². The lowest BCUT2D eigenvalue weighted by atomic mass is 10.1. The van der Waals surface area contributed by atoms with Crippen LogP contribution in [0.15, 0.2) is 48.5 Å². The summed E-state index contributed by atoms with van der Waals surface area (Å²) in [6.45, 7) is 1.81. The molecular formula is C16H14N4O. The molecule has 1 heterocycles. The Kier molecular flexibility index (Phi) is 3.23. The molecule has 0 aliphatic carbocycles. The Labute approximate surface area is 121 Å². The summed E-state index contributed by atoms with van der Waals surface area (Å²) in [6, 6.07) is 15.6. The number of rotatable bonds is 3. The van der Waals surface area contributed by atoms with Crippen LogP contribution in [0.5, 0.6) is 11.8 Å². The highest BCUT2D eigenvalue weighted by molar-refractivity contribution is 5.93. The number of aryl methyl sites for hydroxylation is 1. The Bertz CT molecular complexity index is 829. The number of hydrogen-bond donors (Lipinski definition) is 2. The van der Waals surface area contributed by atoms with Gasteiger partial charge in [0.05, 0.1) is 0 Å². The minimum atomic E-state index is -0.108. The lowest BCUT2D eigenvalue weighted by Gasteiger charge is -2.07. The Balaban J connectivity index is 1.96. The summed E-state index contributed by atoms with van der Waals surface area (Å²) in [4.78, 5) is 8.33. The van der Waals surface area contributed by atoms with Crippen molar-refractivity contribution >= 4 is 16.6 Å². The highest BCUT2D eigenvalue weighted by atomic mass is 16.5. The molecule has 0 radical (unpaired) electrons. The zero-order chi connectivity index (χ0) is 14.8. The van der Waals surface area contributed by atoms with Gasteiger partial charge in [-0.3, -0.25) is 5.41 Å². The standard InChI is InChI=1S/C16H14N4O/c1-10-8-14(15(17)18)20-16(19-10)21-13-7-6-11-4-2-3-5-12(11)9-13/h2-9H,1H3,(H3,17,18). The molecule has 5 nitrogen and oxygen atoms in total. The normalized spacial score (nSPS) is 10.5. The van der Waals surface area contributed by atoms with Gasteiger partial charge in [-0.1, -0.05) is 30.3 Å². The number of benzene rings is 2. The number of fused-ring (bicyclic) bond motifs is 1. The summed E-state index contributed by atoms with van der Waals surface area (Å²) >= 11 is 0. The maximum Gasteiger partial charge on any atom is 0.322 e. The SMILES string of the molecule is Cc1cc(C(=N)N)nc(Oc2ccc3ccccc3c2)n1. The van der Waals surface area contributed by atoms with Crippen molar-refractivity contribution in [3.8, 4) is 11.8 Å². The number of hydrogen-bond acceptors (Lipinski definition) is 4. The summed E-state index contributed by atoms with van der Waals surface area (Å²) in [5.74, 6) is 0.540. The van der Waals surface area contributed by atoms with E-state index in [2.05, 4.69) is 9.97 Å². The van der Waals surface area contributed by atoms with Crippen LogP contribution in [0.4, 0.5) is 0 Å². The van der Waals surface area contributed by atoms with Crippen LogP contribution < -0.4 is 10.5 Å². The first-order valence-corrected chi connectivity index (χ1v) is 6.48. The second-order valence-electron chi connectivity index (χ2n) is 4.70. The summed E-state index contributed by atoms with van der Waals surface area (Å²) < 4.78 is 5.68. The fourth-order valence-corrected chi connectivity index (χ4v) is 2.06. The molecule has 3 aromatic rings. The van der Waals surface area contributed by atoms with Crippen molar-refractivity contribution in [2.45, 2.75) is 6.92 Å². The van der Waals surface area contributed by atoms with E-state index in [9.17, 15) is 0 Å². The third-order valence-electron chi connectivity index (χ3n) is 3.04. The molecule has 104 valence electrons. The average molecular weight is 278 g/mol. The summed E-state index contributed by atoms with van der Waals surface area (Å²) in [7, 11) is 0. The number of nitrogen functional groups attached to an aromatic ring is 1. The molecule has 3 N–H and O–H groups in total. The van der Waals surface area contributed by atoms with E-state index in [0.717, 1.165) is 10.8 Å². The van der Waals surface area contributed by atoms with E-state index in [1.165, 1.54) is 0 Å². The van der Waals surface area contributed by atoms with Gasteiger partial charge in [0, 0.05) is 5.69 Å². The number of aromatic nitrogens is 2. The Hall–Kier alpha value is -2.95. The smallest absolute Gasteiger partial charge is 0.322 e. The molecule has 0 saturated carbocycles. The molecular weight excluding hydrogens is 264 g/mol. The highest BCUT2D eigenvalue weighted by Gasteiger charge is 2.07. The fourth-order valence-electron chi connectivity index (χ4n) is 2.06. The lowest BCUT2D eigenvalue weighted by molar-refractivity contribution is 0.440. The van der Waals surface area contributed by atoms with Crippen molar-refractivity contribution in [1.29, 1.82) is 5.41 Å². The Morgan fingerprint density at radius 3 is 2.57 bits per heavy atom. The summed E-state index contributed by atoms with van der Waals surface area (Å²) in [5, 5.41) is 9.66.